The highest BCUT2D eigenvalue weighted by atomic mass is 35.5. The molecule has 7 heteroatoms. The number of rotatable bonds is 3. The molecule has 7 rings (SSSR count). The number of benzene rings is 1. The minimum Gasteiger partial charge on any atom is -0.508 e. The Morgan fingerprint density at radius 3 is 2.80 bits per heavy atom. The molecule has 0 unspecified atom stereocenters. The summed E-state index contributed by atoms with van der Waals surface area (Å²) in [7, 11) is 0. The molecule has 3 aliphatic carbocycles. The number of likely N-dealkylation sites (tertiary alicyclic amines) is 1. The normalized spacial score (nSPS) is 24.9. The number of pyridine rings is 1. The second-order valence-corrected chi connectivity index (χ2v) is 11.8. The summed E-state index contributed by atoms with van der Waals surface area (Å²) in [6.45, 7) is 11.2. The van der Waals surface area contributed by atoms with Crippen LogP contribution in [0.3, 0.4) is 0 Å². The van der Waals surface area contributed by atoms with E-state index in [-0.39, 0.29) is 22.5 Å². The summed E-state index contributed by atoms with van der Waals surface area (Å²) in [5, 5.41) is 21.2. The summed E-state index contributed by atoms with van der Waals surface area (Å²) in [5.74, 6) is 1.71. The van der Waals surface area contributed by atoms with Crippen LogP contribution >= 0.6 is 11.6 Å². The highest BCUT2D eigenvalue weighted by Crippen LogP contribution is 2.63. The maximum atomic E-state index is 12.0. The van der Waals surface area contributed by atoms with Crippen LogP contribution in [-0.2, 0) is 11.2 Å². The van der Waals surface area contributed by atoms with Gasteiger partial charge in [-0.25, -0.2) is 4.98 Å². The summed E-state index contributed by atoms with van der Waals surface area (Å²) in [6, 6.07) is 7.40. The van der Waals surface area contributed by atoms with Gasteiger partial charge < -0.3 is 14.9 Å². The van der Waals surface area contributed by atoms with Crippen LogP contribution in [0.2, 0.25) is 5.02 Å². The van der Waals surface area contributed by atoms with E-state index in [2.05, 4.69) is 31.4 Å². The third-order valence-corrected chi connectivity index (χ3v) is 9.50. The number of carbonyl (C=O) groups excluding carboxylic acids is 1. The number of phenols is 1. The van der Waals surface area contributed by atoms with Crippen molar-refractivity contribution in [2.24, 2.45) is 16.7 Å². The zero-order valence-electron chi connectivity index (χ0n) is 20.1. The van der Waals surface area contributed by atoms with Crippen LogP contribution < -0.4 is 4.90 Å². The average molecular weight is 489 g/mol. The molecule has 2 aromatic rings. The summed E-state index contributed by atoms with van der Waals surface area (Å²) >= 11 is 6.65. The molecule has 1 aromatic carbocycles. The first-order chi connectivity index (χ1) is 16.7. The molecule has 1 spiro atoms. The van der Waals surface area contributed by atoms with E-state index in [0.29, 0.717) is 46.9 Å². The molecule has 1 N–H and O–H groups in total. The van der Waals surface area contributed by atoms with Crippen molar-refractivity contribution in [1.29, 1.82) is 5.26 Å². The lowest BCUT2D eigenvalue weighted by atomic mass is 9.48. The minimum absolute atomic E-state index is 0.0266. The maximum Gasteiger partial charge on any atom is 0.245 e. The van der Waals surface area contributed by atoms with Gasteiger partial charge in [-0.15, -0.1) is 0 Å². The molecule has 2 saturated heterocycles. The number of amides is 1. The van der Waals surface area contributed by atoms with Crippen molar-refractivity contribution in [3.63, 3.8) is 0 Å². The van der Waals surface area contributed by atoms with Crippen LogP contribution in [0.15, 0.2) is 30.9 Å². The van der Waals surface area contributed by atoms with E-state index in [9.17, 15) is 15.2 Å². The number of carbonyl (C=O) groups is 1. The van der Waals surface area contributed by atoms with Crippen LogP contribution in [0.4, 0.5) is 5.82 Å². The fourth-order valence-electron chi connectivity index (χ4n) is 6.96. The molecule has 180 valence electrons. The molecular formula is C28H29ClN4O2. The molecule has 2 bridgehead atoms. The monoisotopic (exact) mass is 488 g/mol. The second kappa shape index (κ2) is 7.48. The van der Waals surface area contributed by atoms with Gasteiger partial charge in [-0.1, -0.05) is 32.0 Å². The van der Waals surface area contributed by atoms with Crippen LogP contribution in [0, 0.1) is 28.1 Å². The number of phenolic OH excluding ortho intramolecular Hbond substituents is 1. The zero-order valence-corrected chi connectivity index (χ0v) is 20.9. The Hall–Kier alpha value is -3.04. The van der Waals surface area contributed by atoms with Gasteiger partial charge in [-0.2, -0.15) is 5.26 Å². The highest BCUT2D eigenvalue weighted by Gasteiger charge is 2.55. The number of nitriles is 1. The van der Waals surface area contributed by atoms with E-state index in [4.69, 9.17) is 16.6 Å². The fraction of sp³-hybridized carbons (Fsp3) is 0.464. The molecule has 5 aliphatic rings. The van der Waals surface area contributed by atoms with Gasteiger partial charge in [-0.3, -0.25) is 4.79 Å². The number of nitrogens with zero attached hydrogens (tertiary/aromatic N) is 4. The van der Waals surface area contributed by atoms with E-state index in [0.717, 1.165) is 49.2 Å². The molecule has 1 amide bonds. The lowest BCUT2D eigenvalue weighted by Gasteiger charge is -2.57. The zero-order chi connectivity index (χ0) is 24.7. The molecular weight excluding hydrogens is 460 g/mol. The lowest BCUT2D eigenvalue weighted by Crippen LogP contribution is -2.59. The first kappa shape index (κ1) is 22.4. The molecule has 35 heavy (non-hydrogen) atoms. The summed E-state index contributed by atoms with van der Waals surface area (Å²) in [6.07, 6.45) is 4.31. The number of aromatic nitrogens is 1. The topological polar surface area (TPSA) is 80.5 Å². The van der Waals surface area contributed by atoms with Gasteiger partial charge in [0.05, 0.1) is 5.69 Å². The van der Waals surface area contributed by atoms with Crippen LogP contribution in [0.25, 0.3) is 11.1 Å². The largest absolute Gasteiger partial charge is 0.508 e. The van der Waals surface area contributed by atoms with E-state index in [1.165, 1.54) is 6.08 Å². The Morgan fingerprint density at radius 2 is 2.11 bits per heavy atom. The van der Waals surface area contributed by atoms with Gasteiger partial charge in [0, 0.05) is 53.7 Å². The lowest BCUT2D eigenvalue weighted by molar-refractivity contribution is -0.136. The predicted octanol–water partition coefficient (Wildman–Crippen LogP) is 4.89. The van der Waals surface area contributed by atoms with Crippen LogP contribution in [-0.4, -0.2) is 47.1 Å². The smallest absolute Gasteiger partial charge is 0.245 e. The van der Waals surface area contributed by atoms with Crippen molar-refractivity contribution in [2.45, 2.75) is 39.0 Å². The van der Waals surface area contributed by atoms with Crippen molar-refractivity contribution in [1.82, 2.24) is 9.88 Å². The Bertz CT molecular complexity index is 1320. The Morgan fingerprint density at radius 1 is 1.34 bits per heavy atom. The molecule has 3 heterocycles. The molecule has 2 aliphatic heterocycles. The molecule has 0 radical (unpaired) electrons. The SMILES string of the molecule is C=CC(=O)N1CC2(CCN(c3nc4c(c(-c5cc(O)ccc5Cl)c3C#N)C[C@H]3C[C@@H]4C3(C)C)C2)C1. The number of halogens is 1. The minimum atomic E-state index is -0.0266. The predicted molar refractivity (Wildman–Crippen MR) is 135 cm³/mol. The van der Waals surface area contributed by atoms with E-state index in [1.807, 2.05) is 4.90 Å². The van der Waals surface area contributed by atoms with Gasteiger partial charge in [0.15, 0.2) is 0 Å². The first-order valence-corrected chi connectivity index (χ1v) is 12.7. The van der Waals surface area contributed by atoms with Crippen molar-refractivity contribution < 1.29 is 9.90 Å². The van der Waals surface area contributed by atoms with Gasteiger partial charge in [0.25, 0.3) is 0 Å². The fourth-order valence-corrected chi connectivity index (χ4v) is 7.17. The molecule has 2 atom stereocenters. The maximum absolute atomic E-state index is 12.0. The summed E-state index contributed by atoms with van der Waals surface area (Å²) in [5.41, 5.74) is 4.46. The van der Waals surface area contributed by atoms with Gasteiger partial charge >= 0.3 is 0 Å². The summed E-state index contributed by atoms with van der Waals surface area (Å²) in [4.78, 5) is 21.3. The van der Waals surface area contributed by atoms with Gasteiger partial charge in [0.2, 0.25) is 5.91 Å². The van der Waals surface area contributed by atoms with E-state index >= 15 is 0 Å². The molecule has 1 saturated carbocycles. The third-order valence-electron chi connectivity index (χ3n) is 9.17. The summed E-state index contributed by atoms with van der Waals surface area (Å²) < 4.78 is 0. The molecule has 6 nitrogen and oxygen atoms in total. The van der Waals surface area contributed by atoms with Crippen molar-refractivity contribution in [2.75, 3.05) is 31.1 Å². The number of anilines is 1. The molecule has 1 aromatic heterocycles. The van der Waals surface area contributed by atoms with Crippen molar-refractivity contribution in [3.05, 3.63) is 52.7 Å². The molecule has 3 fully saturated rings. The Kier molecular flexibility index (Phi) is 4.79. The Balaban J connectivity index is 1.47. The van der Waals surface area contributed by atoms with Gasteiger partial charge in [0.1, 0.15) is 23.2 Å². The quantitative estimate of drug-likeness (QED) is 0.622. The van der Waals surface area contributed by atoms with Crippen molar-refractivity contribution >= 4 is 23.3 Å². The van der Waals surface area contributed by atoms with Crippen molar-refractivity contribution in [3.8, 4) is 22.9 Å². The van der Waals surface area contributed by atoms with Crippen LogP contribution in [0.1, 0.15) is 49.4 Å². The van der Waals surface area contributed by atoms with E-state index in [1.54, 1.807) is 18.2 Å². The average Bonchev–Trinajstić information content (AvgIpc) is 3.28. The third kappa shape index (κ3) is 3.14. The second-order valence-electron chi connectivity index (χ2n) is 11.4. The highest BCUT2D eigenvalue weighted by molar-refractivity contribution is 6.33. The number of aromatic hydroxyl groups is 1. The standard InChI is InChI=1S/C28H29ClN4O2/c1-4-23(35)33-14-28(15-33)7-8-32(13-28)26-20(12-30)24(18-11-17(34)5-6-22(18)29)19-9-16-10-21(25(19)31-26)27(16,2)3/h4-6,11,16,21,34H,1,7-10,13-15H2,2-3H3/t16-,21-/m0/s1. The number of hydrogen-bond donors (Lipinski definition) is 1. The van der Waals surface area contributed by atoms with Gasteiger partial charge in [-0.05, 0) is 60.4 Å². The number of hydrogen-bond acceptors (Lipinski definition) is 5. The Labute approximate surface area is 210 Å². The first-order valence-electron chi connectivity index (χ1n) is 12.3. The van der Waals surface area contributed by atoms with Crippen LogP contribution in [0.5, 0.6) is 5.75 Å². The van der Waals surface area contributed by atoms with E-state index < -0.39 is 0 Å².